The zero-order chi connectivity index (χ0) is 22.3. The van der Waals surface area contributed by atoms with E-state index < -0.39 is 22.9 Å². The van der Waals surface area contributed by atoms with Crippen molar-refractivity contribution in [3.05, 3.63) is 91.9 Å². The Balaban J connectivity index is 2.00. The van der Waals surface area contributed by atoms with Gasteiger partial charge in [-0.05, 0) is 35.7 Å². The van der Waals surface area contributed by atoms with Gasteiger partial charge < -0.3 is 4.57 Å². The number of benzene rings is 2. The predicted molar refractivity (Wildman–Crippen MR) is 115 cm³/mol. The first-order valence-corrected chi connectivity index (χ1v) is 10.0. The van der Waals surface area contributed by atoms with Gasteiger partial charge in [0, 0.05) is 13.1 Å². The number of imidazole rings is 1. The molecule has 6 nitrogen and oxygen atoms in total. The molecule has 0 unspecified atom stereocenters. The summed E-state index contributed by atoms with van der Waals surface area (Å²) in [6, 6.07) is 10.3. The van der Waals surface area contributed by atoms with Crippen LogP contribution in [-0.2, 0) is 13.1 Å². The number of aromatic nitrogens is 4. The maximum Gasteiger partial charge on any atom is 0.337 e. The highest BCUT2D eigenvalue weighted by molar-refractivity contribution is 6.32. The third-order valence-electron chi connectivity index (χ3n) is 4.88. The number of rotatable bonds is 5. The molecule has 0 aliphatic rings. The molecule has 4 rings (SSSR count). The lowest BCUT2D eigenvalue weighted by Crippen LogP contribution is -2.41. The SMILES string of the molecule is CC(C)Cn1c(=O)c2c(ncn2Cc2ccc(F)c(F)c2)n(-c2ccccc2Cl)c1=O. The van der Waals surface area contributed by atoms with Crippen molar-refractivity contribution in [3.63, 3.8) is 0 Å². The fourth-order valence-corrected chi connectivity index (χ4v) is 3.73. The largest absolute Gasteiger partial charge is 0.337 e. The summed E-state index contributed by atoms with van der Waals surface area (Å²) in [6.45, 7) is 4.07. The molecule has 31 heavy (non-hydrogen) atoms. The van der Waals surface area contributed by atoms with Crippen LogP contribution in [0.25, 0.3) is 16.9 Å². The summed E-state index contributed by atoms with van der Waals surface area (Å²) in [5, 5.41) is 0.329. The van der Waals surface area contributed by atoms with Gasteiger partial charge in [0.25, 0.3) is 5.56 Å². The Bertz CT molecular complexity index is 1410. The average molecular weight is 445 g/mol. The van der Waals surface area contributed by atoms with Gasteiger partial charge in [-0.3, -0.25) is 9.36 Å². The van der Waals surface area contributed by atoms with Crippen molar-refractivity contribution in [1.29, 1.82) is 0 Å². The second kappa shape index (κ2) is 8.11. The van der Waals surface area contributed by atoms with E-state index in [2.05, 4.69) is 4.98 Å². The lowest BCUT2D eigenvalue weighted by Gasteiger charge is -2.15. The molecule has 160 valence electrons. The normalized spacial score (nSPS) is 11.5. The van der Waals surface area contributed by atoms with Crippen LogP contribution in [0.4, 0.5) is 8.78 Å². The molecule has 2 heterocycles. The molecular weight excluding hydrogens is 426 g/mol. The smallest absolute Gasteiger partial charge is 0.320 e. The van der Waals surface area contributed by atoms with Crippen LogP contribution in [0.15, 0.2) is 58.4 Å². The van der Waals surface area contributed by atoms with Crippen LogP contribution in [0.2, 0.25) is 5.02 Å². The molecule has 0 radical (unpaired) electrons. The number of para-hydroxylation sites is 1. The molecule has 0 atom stereocenters. The summed E-state index contributed by atoms with van der Waals surface area (Å²) in [4.78, 5) is 30.8. The van der Waals surface area contributed by atoms with E-state index in [9.17, 15) is 18.4 Å². The van der Waals surface area contributed by atoms with Gasteiger partial charge in [0.1, 0.15) is 0 Å². The Morgan fingerprint density at radius 3 is 2.48 bits per heavy atom. The number of halogens is 3. The third kappa shape index (κ3) is 3.79. The Morgan fingerprint density at radius 1 is 1.06 bits per heavy atom. The number of hydrogen-bond acceptors (Lipinski definition) is 3. The molecule has 0 fully saturated rings. The van der Waals surface area contributed by atoms with Crippen molar-refractivity contribution in [2.75, 3.05) is 0 Å². The van der Waals surface area contributed by atoms with E-state index in [4.69, 9.17) is 11.6 Å². The maximum atomic E-state index is 13.7. The van der Waals surface area contributed by atoms with Crippen LogP contribution in [0.1, 0.15) is 19.4 Å². The topological polar surface area (TPSA) is 61.8 Å². The summed E-state index contributed by atoms with van der Waals surface area (Å²) in [5.41, 5.74) is 0.114. The van der Waals surface area contributed by atoms with E-state index in [1.807, 2.05) is 13.8 Å². The summed E-state index contributed by atoms with van der Waals surface area (Å²) in [6.07, 6.45) is 1.40. The van der Waals surface area contributed by atoms with Crippen molar-refractivity contribution < 1.29 is 8.78 Å². The summed E-state index contributed by atoms with van der Waals surface area (Å²) >= 11 is 6.34. The summed E-state index contributed by atoms with van der Waals surface area (Å²) in [5.74, 6) is -1.90. The fourth-order valence-electron chi connectivity index (χ4n) is 3.51. The molecule has 0 amide bonds. The molecule has 4 aromatic rings. The van der Waals surface area contributed by atoms with Gasteiger partial charge in [-0.25, -0.2) is 23.1 Å². The fraction of sp³-hybridized carbons (Fsp3) is 0.227. The molecule has 0 aliphatic heterocycles. The standard InChI is InChI=1S/C22H19ClF2N4O2/c1-13(2)10-28-21(30)19-20(29(22(28)31)18-6-4-3-5-15(18)23)26-12-27(19)11-14-7-8-16(24)17(25)9-14/h3-9,12-13H,10-11H2,1-2H3. The number of hydrogen-bond donors (Lipinski definition) is 0. The molecule has 0 saturated heterocycles. The van der Waals surface area contributed by atoms with Crippen molar-refractivity contribution in [1.82, 2.24) is 18.7 Å². The minimum Gasteiger partial charge on any atom is -0.320 e. The van der Waals surface area contributed by atoms with Crippen LogP contribution in [0.5, 0.6) is 0 Å². The first kappa shape index (κ1) is 21.0. The Kier molecular flexibility index (Phi) is 5.49. The van der Waals surface area contributed by atoms with Crippen molar-refractivity contribution in [3.8, 4) is 5.69 Å². The second-order valence-electron chi connectivity index (χ2n) is 7.67. The molecular formula is C22H19ClF2N4O2. The average Bonchev–Trinajstić information content (AvgIpc) is 3.12. The predicted octanol–water partition coefficient (Wildman–Crippen LogP) is 3.98. The lowest BCUT2D eigenvalue weighted by molar-refractivity contribution is 0.489. The highest BCUT2D eigenvalue weighted by Crippen LogP contribution is 2.22. The van der Waals surface area contributed by atoms with Crippen LogP contribution in [-0.4, -0.2) is 18.7 Å². The molecule has 0 aliphatic carbocycles. The minimum absolute atomic E-state index is 0.0325. The Morgan fingerprint density at radius 2 is 1.81 bits per heavy atom. The molecule has 0 saturated carbocycles. The highest BCUT2D eigenvalue weighted by Gasteiger charge is 2.21. The van der Waals surface area contributed by atoms with Gasteiger partial charge in [0.2, 0.25) is 0 Å². The van der Waals surface area contributed by atoms with E-state index in [-0.39, 0.29) is 30.2 Å². The number of nitrogens with zero attached hydrogens (tertiary/aromatic N) is 4. The van der Waals surface area contributed by atoms with Crippen LogP contribution in [0.3, 0.4) is 0 Å². The van der Waals surface area contributed by atoms with Crippen LogP contribution < -0.4 is 11.2 Å². The van der Waals surface area contributed by atoms with Gasteiger partial charge in [-0.2, -0.15) is 0 Å². The zero-order valence-electron chi connectivity index (χ0n) is 16.8. The van der Waals surface area contributed by atoms with E-state index in [0.29, 0.717) is 16.3 Å². The van der Waals surface area contributed by atoms with Gasteiger partial charge in [-0.15, -0.1) is 0 Å². The van der Waals surface area contributed by atoms with Gasteiger partial charge >= 0.3 is 5.69 Å². The minimum atomic E-state index is -0.980. The first-order valence-electron chi connectivity index (χ1n) is 9.67. The van der Waals surface area contributed by atoms with E-state index >= 15 is 0 Å². The quantitative estimate of drug-likeness (QED) is 0.467. The zero-order valence-corrected chi connectivity index (χ0v) is 17.6. The molecule has 9 heteroatoms. The van der Waals surface area contributed by atoms with Gasteiger partial charge in [-0.1, -0.05) is 43.6 Å². The first-order chi connectivity index (χ1) is 14.8. The van der Waals surface area contributed by atoms with Gasteiger partial charge in [0.05, 0.1) is 17.0 Å². The molecule has 0 spiro atoms. The third-order valence-corrected chi connectivity index (χ3v) is 5.20. The van der Waals surface area contributed by atoms with Gasteiger partial charge in [0.15, 0.2) is 22.8 Å². The van der Waals surface area contributed by atoms with E-state index in [0.717, 1.165) is 16.7 Å². The monoisotopic (exact) mass is 444 g/mol. The van der Waals surface area contributed by atoms with Crippen LogP contribution in [0, 0.1) is 17.6 Å². The lowest BCUT2D eigenvalue weighted by atomic mass is 10.2. The second-order valence-corrected chi connectivity index (χ2v) is 8.08. The Hall–Kier alpha value is -3.26. The van der Waals surface area contributed by atoms with E-state index in [1.54, 1.807) is 24.3 Å². The number of fused-ring (bicyclic) bond motifs is 1. The van der Waals surface area contributed by atoms with E-state index in [1.165, 1.54) is 21.5 Å². The molecule has 0 bridgehead atoms. The van der Waals surface area contributed by atoms with Crippen molar-refractivity contribution >= 4 is 22.8 Å². The summed E-state index contributed by atoms with van der Waals surface area (Å²) < 4.78 is 30.9. The Labute approximate surface area is 181 Å². The maximum absolute atomic E-state index is 13.7. The van der Waals surface area contributed by atoms with Crippen molar-refractivity contribution in [2.24, 2.45) is 5.92 Å². The molecule has 2 aromatic carbocycles. The molecule has 0 N–H and O–H groups in total. The molecule has 2 aromatic heterocycles. The highest BCUT2D eigenvalue weighted by atomic mass is 35.5. The summed E-state index contributed by atoms with van der Waals surface area (Å²) in [7, 11) is 0. The van der Waals surface area contributed by atoms with Crippen LogP contribution >= 0.6 is 11.6 Å². The van der Waals surface area contributed by atoms with Crippen molar-refractivity contribution in [2.45, 2.75) is 26.9 Å².